The summed E-state index contributed by atoms with van der Waals surface area (Å²) in [5.74, 6) is 0.865. The van der Waals surface area contributed by atoms with Crippen molar-refractivity contribution < 1.29 is 4.74 Å². The molecule has 1 aromatic heterocycles. The maximum Gasteiger partial charge on any atom is 0.134 e. The van der Waals surface area contributed by atoms with Crippen LogP contribution in [0.3, 0.4) is 0 Å². The van der Waals surface area contributed by atoms with Gasteiger partial charge in [-0.1, -0.05) is 0 Å². The maximum absolute atomic E-state index is 9.42. The van der Waals surface area contributed by atoms with Crippen LogP contribution >= 0.6 is 11.3 Å². The Balaban J connectivity index is 1.83. The molecule has 3 rings (SSSR count). The molecule has 0 aliphatic heterocycles. The zero-order valence-electron chi connectivity index (χ0n) is 12.6. The monoisotopic (exact) mass is 310 g/mol. The van der Waals surface area contributed by atoms with Crippen LogP contribution in [0.5, 0.6) is 5.75 Å². The quantitative estimate of drug-likeness (QED) is 0.772. The standard InChI is InChI=1S/C18H18N2OS/c1-2-21-14-9-7-13(8-10-14)12-20-18-16(11-19)15-5-3-4-6-17(15)22-18/h7-10,12H,2-6H2,1H3. The number of nitriles is 1. The maximum atomic E-state index is 9.42. The van der Waals surface area contributed by atoms with E-state index in [4.69, 9.17) is 4.74 Å². The number of hydrogen-bond acceptors (Lipinski definition) is 4. The van der Waals surface area contributed by atoms with Gasteiger partial charge in [0, 0.05) is 11.1 Å². The van der Waals surface area contributed by atoms with Gasteiger partial charge < -0.3 is 4.74 Å². The van der Waals surface area contributed by atoms with E-state index in [0.717, 1.165) is 34.7 Å². The van der Waals surface area contributed by atoms with E-state index in [1.807, 2.05) is 37.4 Å². The van der Waals surface area contributed by atoms with Crippen LogP contribution in [0.15, 0.2) is 29.3 Å². The molecule has 1 aliphatic rings. The Labute approximate surface area is 134 Å². The molecule has 2 aromatic rings. The average Bonchev–Trinajstić information content (AvgIpc) is 2.92. The molecule has 4 heteroatoms. The lowest BCUT2D eigenvalue weighted by Gasteiger charge is -2.09. The second-order valence-electron chi connectivity index (χ2n) is 5.26. The molecule has 0 radical (unpaired) electrons. The van der Waals surface area contributed by atoms with Gasteiger partial charge >= 0.3 is 0 Å². The van der Waals surface area contributed by atoms with Crippen molar-refractivity contribution in [2.45, 2.75) is 32.6 Å². The Morgan fingerprint density at radius 3 is 2.77 bits per heavy atom. The van der Waals surface area contributed by atoms with Crippen molar-refractivity contribution in [1.29, 1.82) is 5.26 Å². The van der Waals surface area contributed by atoms with Crippen LogP contribution in [-0.2, 0) is 12.8 Å². The van der Waals surface area contributed by atoms with E-state index in [1.54, 1.807) is 11.3 Å². The third-order valence-electron chi connectivity index (χ3n) is 3.79. The Kier molecular flexibility index (Phi) is 4.55. The Hall–Kier alpha value is -2.12. The lowest BCUT2D eigenvalue weighted by Crippen LogP contribution is -1.99. The van der Waals surface area contributed by atoms with Gasteiger partial charge in [-0.15, -0.1) is 11.3 Å². The van der Waals surface area contributed by atoms with Crippen molar-refractivity contribution in [3.8, 4) is 11.8 Å². The Bertz CT molecular complexity index is 723. The summed E-state index contributed by atoms with van der Waals surface area (Å²) in [7, 11) is 0. The van der Waals surface area contributed by atoms with E-state index in [-0.39, 0.29) is 0 Å². The third-order valence-corrected chi connectivity index (χ3v) is 4.99. The second-order valence-corrected chi connectivity index (χ2v) is 6.35. The molecule has 3 nitrogen and oxygen atoms in total. The average molecular weight is 310 g/mol. The zero-order chi connectivity index (χ0) is 15.4. The molecule has 0 saturated heterocycles. The van der Waals surface area contributed by atoms with Crippen molar-refractivity contribution in [3.63, 3.8) is 0 Å². The fourth-order valence-corrected chi connectivity index (χ4v) is 3.89. The molecular weight excluding hydrogens is 292 g/mol. The summed E-state index contributed by atoms with van der Waals surface area (Å²) in [5.41, 5.74) is 3.03. The number of aryl methyl sites for hydroxylation is 1. The van der Waals surface area contributed by atoms with Crippen molar-refractivity contribution in [1.82, 2.24) is 0 Å². The van der Waals surface area contributed by atoms with Crippen LogP contribution in [-0.4, -0.2) is 12.8 Å². The number of fused-ring (bicyclic) bond motifs is 1. The molecule has 0 N–H and O–H groups in total. The highest BCUT2D eigenvalue weighted by Crippen LogP contribution is 2.39. The molecular formula is C18H18N2OS. The minimum Gasteiger partial charge on any atom is -0.494 e. The number of aliphatic imine (C=N–C) groups is 1. The van der Waals surface area contributed by atoms with Crippen molar-refractivity contribution >= 4 is 22.6 Å². The first-order valence-electron chi connectivity index (χ1n) is 7.63. The van der Waals surface area contributed by atoms with Crippen LogP contribution in [0.25, 0.3) is 0 Å². The van der Waals surface area contributed by atoms with E-state index in [0.29, 0.717) is 6.61 Å². The molecule has 0 fully saturated rings. The molecule has 112 valence electrons. The first kappa shape index (κ1) is 14.8. The van der Waals surface area contributed by atoms with Crippen molar-refractivity contribution in [2.24, 2.45) is 4.99 Å². The molecule has 1 aromatic carbocycles. The lowest BCUT2D eigenvalue weighted by molar-refractivity contribution is 0.340. The van der Waals surface area contributed by atoms with Gasteiger partial charge in [-0.3, -0.25) is 0 Å². The summed E-state index contributed by atoms with van der Waals surface area (Å²) in [6, 6.07) is 10.2. The van der Waals surface area contributed by atoms with Crippen LogP contribution < -0.4 is 4.74 Å². The van der Waals surface area contributed by atoms with Gasteiger partial charge in [0.25, 0.3) is 0 Å². The molecule has 22 heavy (non-hydrogen) atoms. The summed E-state index contributed by atoms with van der Waals surface area (Å²) in [4.78, 5) is 5.91. The number of benzene rings is 1. The summed E-state index contributed by atoms with van der Waals surface area (Å²) >= 11 is 1.67. The molecule has 0 spiro atoms. The smallest absolute Gasteiger partial charge is 0.134 e. The molecule has 0 saturated carbocycles. The number of hydrogen-bond donors (Lipinski definition) is 0. The van der Waals surface area contributed by atoms with Crippen LogP contribution in [0, 0.1) is 11.3 Å². The van der Waals surface area contributed by atoms with Gasteiger partial charge in [-0.2, -0.15) is 5.26 Å². The third kappa shape index (κ3) is 3.05. The van der Waals surface area contributed by atoms with E-state index in [9.17, 15) is 5.26 Å². The molecule has 0 amide bonds. The fraction of sp³-hybridized carbons (Fsp3) is 0.333. The highest BCUT2D eigenvalue weighted by atomic mass is 32.1. The highest BCUT2D eigenvalue weighted by molar-refractivity contribution is 7.16. The predicted octanol–water partition coefficient (Wildman–Crippen LogP) is 4.65. The zero-order valence-corrected chi connectivity index (χ0v) is 13.4. The molecule has 0 bridgehead atoms. The second kappa shape index (κ2) is 6.76. The first-order chi connectivity index (χ1) is 10.8. The normalized spacial score (nSPS) is 13.8. The largest absolute Gasteiger partial charge is 0.494 e. The number of ether oxygens (including phenoxy) is 1. The highest BCUT2D eigenvalue weighted by Gasteiger charge is 2.19. The summed E-state index contributed by atoms with van der Waals surface area (Å²) in [6.45, 7) is 2.64. The number of rotatable bonds is 4. The van der Waals surface area contributed by atoms with Gasteiger partial charge in [-0.25, -0.2) is 4.99 Å². The molecule has 1 aliphatic carbocycles. The minimum atomic E-state index is 0.666. The first-order valence-corrected chi connectivity index (χ1v) is 8.45. The summed E-state index contributed by atoms with van der Waals surface area (Å²) in [6.07, 6.45) is 6.34. The van der Waals surface area contributed by atoms with E-state index in [2.05, 4.69) is 11.1 Å². The van der Waals surface area contributed by atoms with E-state index >= 15 is 0 Å². The predicted molar refractivity (Wildman–Crippen MR) is 90.5 cm³/mol. The number of nitrogens with zero attached hydrogens (tertiary/aromatic N) is 2. The minimum absolute atomic E-state index is 0.666. The lowest BCUT2D eigenvalue weighted by atomic mass is 9.96. The number of thiophene rings is 1. The summed E-state index contributed by atoms with van der Waals surface area (Å²) in [5, 5.41) is 10.3. The van der Waals surface area contributed by atoms with Crippen molar-refractivity contribution in [3.05, 3.63) is 45.8 Å². The van der Waals surface area contributed by atoms with Crippen LogP contribution in [0.4, 0.5) is 5.00 Å². The SMILES string of the molecule is CCOc1ccc(C=Nc2sc3c(c2C#N)CCCC3)cc1. The van der Waals surface area contributed by atoms with Gasteiger partial charge in [0.05, 0.1) is 12.2 Å². The molecule has 0 unspecified atom stereocenters. The van der Waals surface area contributed by atoms with Gasteiger partial charge in [0.1, 0.15) is 16.8 Å². The fourth-order valence-electron chi connectivity index (χ4n) is 2.71. The Morgan fingerprint density at radius 1 is 1.27 bits per heavy atom. The molecule has 0 atom stereocenters. The van der Waals surface area contributed by atoms with E-state index < -0.39 is 0 Å². The van der Waals surface area contributed by atoms with Crippen molar-refractivity contribution in [2.75, 3.05) is 6.61 Å². The van der Waals surface area contributed by atoms with Crippen LogP contribution in [0.1, 0.15) is 41.3 Å². The summed E-state index contributed by atoms with van der Waals surface area (Å²) < 4.78 is 5.43. The van der Waals surface area contributed by atoms with E-state index in [1.165, 1.54) is 23.3 Å². The van der Waals surface area contributed by atoms with Gasteiger partial charge in [0.2, 0.25) is 0 Å². The topological polar surface area (TPSA) is 45.4 Å². The Morgan fingerprint density at radius 2 is 2.05 bits per heavy atom. The van der Waals surface area contributed by atoms with Gasteiger partial charge in [0.15, 0.2) is 0 Å². The molecule has 1 heterocycles. The van der Waals surface area contributed by atoms with Gasteiger partial charge in [-0.05, 0) is 68.0 Å². The van der Waals surface area contributed by atoms with Crippen LogP contribution in [0.2, 0.25) is 0 Å².